The highest BCUT2D eigenvalue weighted by atomic mass is 32.1. The van der Waals surface area contributed by atoms with Crippen LogP contribution in [0.5, 0.6) is 0 Å². The van der Waals surface area contributed by atoms with Gasteiger partial charge in [-0.2, -0.15) is 12.6 Å². The van der Waals surface area contributed by atoms with Crippen LogP contribution in [0.2, 0.25) is 0 Å². The van der Waals surface area contributed by atoms with E-state index in [1.165, 1.54) is 133 Å². The monoisotopic (exact) mass is 386 g/mol. The van der Waals surface area contributed by atoms with Crippen LogP contribution in [0.1, 0.15) is 123 Å². The molecule has 0 aliphatic carbocycles. The molecule has 26 heavy (non-hydrogen) atoms. The van der Waals surface area contributed by atoms with Crippen LogP contribution in [0.4, 0.5) is 0 Å². The fraction of sp³-hybridized carbons (Fsp3) is 1.00. The van der Waals surface area contributed by atoms with Gasteiger partial charge in [0.15, 0.2) is 0 Å². The zero-order valence-corrected chi connectivity index (χ0v) is 19.6. The van der Waals surface area contributed by atoms with Gasteiger partial charge < -0.3 is 4.48 Å². The molecule has 0 aliphatic rings. The maximum atomic E-state index is 4.33. The Hall–Kier alpha value is 0.310. The van der Waals surface area contributed by atoms with E-state index in [1.54, 1.807) is 0 Å². The summed E-state index contributed by atoms with van der Waals surface area (Å²) in [5, 5.41) is 0. The van der Waals surface area contributed by atoms with Crippen LogP contribution in [0.15, 0.2) is 0 Å². The lowest BCUT2D eigenvalue weighted by Crippen LogP contribution is -2.46. The number of thiol groups is 1. The quantitative estimate of drug-likeness (QED) is 0.115. The van der Waals surface area contributed by atoms with Gasteiger partial charge in [-0.15, -0.1) is 0 Å². The first-order valence-electron chi connectivity index (χ1n) is 12.1. The molecule has 0 aromatic heterocycles. The van der Waals surface area contributed by atoms with Crippen molar-refractivity contribution >= 4 is 12.6 Å². The second kappa shape index (κ2) is 20.1. The third kappa shape index (κ3) is 17.7. The average Bonchev–Trinajstić information content (AvgIpc) is 2.64. The van der Waals surface area contributed by atoms with Gasteiger partial charge >= 0.3 is 0 Å². The number of hydrogen-bond donors (Lipinski definition) is 1. The molecule has 0 saturated carbocycles. The van der Waals surface area contributed by atoms with Crippen LogP contribution >= 0.6 is 12.6 Å². The van der Waals surface area contributed by atoms with Crippen molar-refractivity contribution in [2.45, 2.75) is 123 Å². The first-order chi connectivity index (χ1) is 12.7. The number of nitrogens with zero attached hydrogens (tertiary/aromatic N) is 1. The Balaban J connectivity index is 4.02. The minimum absolute atomic E-state index is 1.06. The molecule has 0 aliphatic heterocycles. The van der Waals surface area contributed by atoms with Crippen LogP contribution in [0, 0.1) is 0 Å². The molecule has 158 valence electrons. The van der Waals surface area contributed by atoms with Gasteiger partial charge in [-0.3, -0.25) is 0 Å². The summed E-state index contributed by atoms with van der Waals surface area (Å²) >= 11 is 4.33. The topological polar surface area (TPSA) is 0 Å². The van der Waals surface area contributed by atoms with Gasteiger partial charge in [0.25, 0.3) is 0 Å². The molecule has 0 amide bonds. The third-order valence-electron chi connectivity index (χ3n) is 5.96. The van der Waals surface area contributed by atoms with Crippen molar-refractivity contribution in [2.75, 3.05) is 32.4 Å². The standard InChI is InChI=1S/C24H51NS/c1-4-6-8-10-13-17-21-25(3,22-18-14-11-9-7-5-2)23-19-15-12-16-20-24-26/h4-24H2,1-3H3/p+1. The Morgan fingerprint density at radius 2 is 0.769 bits per heavy atom. The molecule has 0 rings (SSSR count). The van der Waals surface area contributed by atoms with E-state index < -0.39 is 0 Å². The van der Waals surface area contributed by atoms with Crippen molar-refractivity contribution in [3.63, 3.8) is 0 Å². The Labute approximate surface area is 172 Å². The summed E-state index contributed by atoms with van der Waals surface area (Å²) in [6, 6.07) is 0. The summed E-state index contributed by atoms with van der Waals surface area (Å²) in [5.41, 5.74) is 0. The van der Waals surface area contributed by atoms with Gasteiger partial charge in [-0.05, 0) is 50.7 Å². The van der Waals surface area contributed by atoms with E-state index in [-0.39, 0.29) is 0 Å². The van der Waals surface area contributed by atoms with Crippen LogP contribution in [0.25, 0.3) is 0 Å². The summed E-state index contributed by atoms with van der Waals surface area (Å²) < 4.78 is 1.34. The van der Waals surface area contributed by atoms with Gasteiger partial charge in [0, 0.05) is 0 Å². The predicted molar refractivity (Wildman–Crippen MR) is 124 cm³/mol. The van der Waals surface area contributed by atoms with Gasteiger partial charge in [-0.25, -0.2) is 0 Å². The first-order valence-corrected chi connectivity index (χ1v) is 12.8. The molecule has 2 heteroatoms. The van der Waals surface area contributed by atoms with E-state index in [9.17, 15) is 0 Å². The van der Waals surface area contributed by atoms with E-state index in [2.05, 4.69) is 33.5 Å². The molecule has 0 atom stereocenters. The van der Waals surface area contributed by atoms with Crippen LogP contribution in [-0.4, -0.2) is 36.9 Å². The highest BCUT2D eigenvalue weighted by Crippen LogP contribution is 2.16. The highest BCUT2D eigenvalue weighted by molar-refractivity contribution is 7.80. The molecule has 0 bridgehead atoms. The molecule has 0 aromatic rings. The lowest BCUT2D eigenvalue weighted by molar-refractivity contribution is -0.910. The molecule has 0 fully saturated rings. The van der Waals surface area contributed by atoms with Gasteiger partial charge in [-0.1, -0.05) is 78.1 Å². The molecule has 0 unspecified atom stereocenters. The molecule has 0 saturated heterocycles. The maximum absolute atomic E-state index is 4.33. The van der Waals surface area contributed by atoms with Crippen molar-refractivity contribution in [3.8, 4) is 0 Å². The SMILES string of the molecule is CCCCCCCC[N+](C)(CCCCCCCC)CCCCCCCS. The van der Waals surface area contributed by atoms with Crippen molar-refractivity contribution in [1.82, 2.24) is 0 Å². The Kier molecular flexibility index (Phi) is 20.3. The predicted octanol–water partition coefficient (Wildman–Crippen LogP) is 8.03. The third-order valence-corrected chi connectivity index (χ3v) is 6.28. The Morgan fingerprint density at radius 3 is 1.12 bits per heavy atom. The Bertz CT molecular complexity index is 226. The molecule has 0 heterocycles. The summed E-state index contributed by atoms with van der Waals surface area (Å²) in [6.45, 7) is 8.86. The molecular weight excluding hydrogens is 334 g/mol. The second-order valence-electron chi connectivity index (χ2n) is 8.82. The van der Waals surface area contributed by atoms with Gasteiger partial charge in [0.2, 0.25) is 0 Å². The summed E-state index contributed by atoms with van der Waals surface area (Å²) in [6.07, 6.45) is 24.1. The zero-order chi connectivity index (χ0) is 19.3. The van der Waals surface area contributed by atoms with E-state index in [4.69, 9.17) is 0 Å². The smallest absolute Gasteiger partial charge is 0.0784 e. The zero-order valence-electron chi connectivity index (χ0n) is 18.7. The van der Waals surface area contributed by atoms with Crippen molar-refractivity contribution in [1.29, 1.82) is 0 Å². The normalized spacial score (nSPS) is 12.0. The first kappa shape index (κ1) is 26.3. The second-order valence-corrected chi connectivity index (χ2v) is 9.26. The van der Waals surface area contributed by atoms with Crippen LogP contribution in [-0.2, 0) is 0 Å². The minimum Gasteiger partial charge on any atom is -0.326 e. The average molecular weight is 387 g/mol. The molecule has 0 N–H and O–H groups in total. The highest BCUT2D eigenvalue weighted by Gasteiger charge is 2.20. The number of quaternary nitrogens is 1. The molecule has 0 spiro atoms. The number of hydrogen-bond acceptors (Lipinski definition) is 1. The van der Waals surface area contributed by atoms with Crippen LogP contribution < -0.4 is 0 Å². The lowest BCUT2D eigenvalue weighted by atomic mass is 10.1. The van der Waals surface area contributed by atoms with Gasteiger partial charge in [0.1, 0.15) is 0 Å². The van der Waals surface area contributed by atoms with E-state index >= 15 is 0 Å². The Morgan fingerprint density at radius 1 is 0.462 bits per heavy atom. The van der Waals surface area contributed by atoms with Crippen molar-refractivity contribution in [3.05, 3.63) is 0 Å². The lowest BCUT2D eigenvalue weighted by Gasteiger charge is -2.35. The molecular formula is C24H52NS+. The fourth-order valence-electron chi connectivity index (χ4n) is 4.02. The van der Waals surface area contributed by atoms with E-state index in [0.29, 0.717) is 0 Å². The van der Waals surface area contributed by atoms with Crippen molar-refractivity contribution in [2.24, 2.45) is 0 Å². The molecule has 0 radical (unpaired) electrons. The van der Waals surface area contributed by atoms with Crippen LogP contribution in [0.3, 0.4) is 0 Å². The number of rotatable bonds is 21. The number of unbranched alkanes of at least 4 members (excludes halogenated alkanes) is 14. The van der Waals surface area contributed by atoms with Crippen molar-refractivity contribution < 1.29 is 4.48 Å². The summed E-state index contributed by atoms with van der Waals surface area (Å²) in [5.74, 6) is 1.06. The summed E-state index contributed by atoms with van der Waals surface area (Å²) in [4.78, 5) is 0. The van der Waals surface area contributed by atoms with E-state index in [0.717, 1.165) is 5.75 Å². The minimum atomic E-state index is 1.06. The molecule has 1 nitrogen and oxygen atoms in total. The van der Waals surface area contributed by atoms with E-state index in [1.807, 2.05) is 0 Å². The maximum Gasteiger partial charge on any atom is 0.0784 e. The summed E-state index contributed by atoms with van der Waals surface area (Å²) in [7, 11) is 2.55. The largest absolute Gasteiger partial charge is 0.326 e. The van der Waals surface area contributed by atoms with Gasteiger partial charge in [0.05, 0.1) is 26.7 Å². The fourth-order valence-corrected chi connectivity index (χ4v) is 4.24. The molecule has 0 aromatic carbocycles.